The van der Waals surface area contributed by atoms with Gasteiger partial charge in [0, 0.05) is 12.8 Å². The monoisotopic (exact) mass is 376 g/mol. The first-order chi connectivity index (χ1) is 12.0. The van der Waals surface area contributed by atoms with E-state index in [0.717, 1.165) is 22.6 Å². The summed E-state index contributed by atoms with van der Waals surface area (Å²) in [6, 6.07) is 13.0. The molecular weight excluding hydrogens is 359 g/mol. The maximum Gasteiger partial charge on any atom is 0.242 e. The highest BCUT2D eigenvalue weighted by Crippen LogP contribution is 2.35. The summed E-state index contributed by atoms with van der Waals surface area (Å²) in [6.07, 6.45) is 1.01. The van der Waals surface area contributed by atoms with Gasteiger partial charge < -0.3 is 4.74 Å². The summed E-state index contributed by atoms with van der Waals surface area (Å²) in [5.74, 6) is 0.761. The van der Waals surface area contributed by atoms with Crippen LogP contribution in [0.15, 0.2) is 47.6 Å². The van der Waals surface area contributed by atoms with Crippen LogP contribution in [0, 0.1) is 0 Å². The normalized spacial score (nSPS) is 16.7. The lowest BCUT2D eigenvalue weighted by Crippen LogP contribution is -2.26. The molecule has 0 spiro atoms. The van der Waals surface area contributed by atoms with Gasteiger partial charge in [-0.15, -0.1) is 0 Å². The number of ether oxygens (including phenoxy) is 1. The number of nitrogens with zero attached hydrogens (tertiary/aromatic N) is 2. The predicted octanol–water partition coefficient (Wildman–Crippen LogP) is 5.09. The molecular formula is C19H18Cl2N2O2. The van der Waals surface area contributed by atoms with E-state index in [1.165, 1.54) is 0 Å². The molecule has 1 aliphatic heterocycles. The summed E-state index contributed by atoms with van der Waals surface area (Å²) in [4.78, 5) is 12.4. The van der Waals surface area contributed by atoms with Gasteiger partial charge in [0.1, 0.15) is 5.75 Å². The van der Waals surface area contributed by atoms with E-state index in [9.17, 15) is 4.79 Å². The molecule has 2 aromatic carbocycles. The molecule has 0 radical (unpaired) electrons. The lowest BCUT2D eigenvalue weighted by molar-refractivity contribution is -0.132. The van der Waals surface area contributed by atoms with Crippen LogP contribution in [0.1, 0.15) is 36.9 Å². The van der Waals surface area contributed by atoms with Gasteiger partial charge in [-0.05, 0) is 35.4 Å². The van der Waals surface area contributed by atoms with Crippen molar-refractivity contribution in [3.05, 3.63) is 63.6 Å². The van der Waals surface area contributed by atoms with E-state index in [4.69, 9.17) is 27.9 Å². The van der Waals surface area contributed by atoms with Gasteiger partial charge in [0.05, 0.1) is 28.9 Å². The average molecular weight is 377 g/mol. The maximum absolute atomic E-state index is 12.4. The summed E-state index contributed by atoms with van der Waals surface area (Å²) >= 11 is 12.1. The van der Waals surface area contributed by atoms with Crippen molar-refractivity contribution in [2.45, 2.75) is 25.8 Å². The Morgan fingerprint density at radius 2 is 1.92 bits per heavy atom. The van der Waals surface area contributed by atoms with E-state index in [-0.39, 0.29) is 11.9 Å². The number of methoxy groups -OCH3 is 1. The third-order valence-electron chi connectivity index (χ3n) is 4.22. The zero-order valence-corrected chi connectivity index (χ0v) is 15.5. The SMILES string of the molecule is CCC(=O)N1N=C(c2ccc(Cl)c(Cl)c2)C[C@@H]1c1ccc(OC)cc1. The summed E-state index contributed by atoms with van der Waals surface area (Å²) in [5, 5.41) is 7.11. The van der Waals surface area contributed by atoms with Gasteiger partial charge in [-0.3, -0.25) is 4.79 Å². The Bertz CT molecular complexity index is 819. The van der Waals surface area contributed by atoms with Crippen LogP contribution in [0.3, 0.4) is 0 Å². The highest BCUT2D eigenvalue weighted by atomic mass is 35.5. The Hall–Kier alpha value is -2.04. The molecule has 0 aliphatic carbocycles. The molecule has 2 aromatic rings. The average Bonchev–Trinajstić information content (AvgIpc) is 3.08. The molecule has 1 heterocycles. The minimum atomic E-state index is -0.136. The fourth-order valence-electron chi connectivity index (χ4n) is 2.84. The Balaban J connectivity index is 1.94. The minimum absolute atomic E-state index is 0.0177. The largest absolute Gasteiger partial charge is 0.497 e. The molecule has 130 valence electrons. The topological polar surface area (TPSA) is 41.9 Å². The number of rotatable bonds is 4. The van der Waals surface area contributed by atoms with Crippen molar-refractivity contribution in [3.8, 4) is 5.75 Å². The van der Waals surface area contributed by atoms with Gasteiger partial charge in [0.25, 0.3) is 0 Å². The number of hydrogen-bond donors (Lipinski definition) is 0. The first kappa shape index (κ1) is 17.8. The van der Waals surface area contributed by atoms with Crippen LogP contribution < -0.4 is 4.74 Å². The predicted molar refractivity (Wildman–Crippen MR) is 100 cm³/mol. The Morgan fingerprint density at radius 1 is 1.20 bits per heavy atom. The number of carbonyl (C=O) groups excluding carboxylic acids is 1. The molecule has 0 saturated carbocycles. The minimum Gasteiger partial charge on any atom is -0.497 e. The van der Waals surface area contributed by atoms with Gasteiger partial charge in [-0.25, -0.2) is 5.01 Å². The first-order valence-corrected chi connectivity index (χ1v) is 8.78. The van der Waals surface area contributed by atoms with Crippen LogP contribution in [-0.4, -0.2) is 23.7 Å². The molecule has 0 N–H and O–H groups in total. The van der Waals surface area contributed by atoms with Crippen molar-refractivity contribution in [2.24, 2.45) is 5.10 Å². The number of carbonyl (C=O) groups is 1. The molecule has 1 atom stereocenters. The summed E-state index contributed by atoms with van der Waals surface area (Å²) in [6.45, 7) is 1.83. The van der Waals surface area contributed by atoms with Crippen molar-refractivity contribution < 1.29 is 9.53 Å². The van der Waals surface area contributed by atoms with Gasteiger partial charge in [-0.2, -0.15) is 5.10 Å². The zero-order valence-electron chi connectivity index (χ0n) is 14.0. The molecule has 25 heavy (non-hydrogen) atoms. The third-order valence-corrected chi connectivity index (χ3v) is 4.96. The van der Waals surface area contributed by atoms with Crippen molar-refractivity contribution in [2.75, 3.05) is 7.11 Å². The molecule has 4 nitrogen and oxygen atoms in total. The van der Waals surface area contributed by atoms with Crippen LogP contribution >= 0.6 is 23.2 Å². The summed E-state index contributed by atoms with van der Waals surface area (Å²) in [7, 11) is 1.63. The second-order valence-electron chi connectivity index (χ2n) is 5.76. The second kappa shape index (κ2) is 7.46. The second-order valence-corrected chi connectivity index (χ2v) is 6.57. The van der Waals surface area contributed by atoms with Gasteiger partial charge in [0.2, 0.25) is 5.91 Å². The van der Waals surface area contributed by atoms with E-state index in [1.807, 2.05) is 37.3 Å². The first-order valence-electron chi connectivity index (χ1n) is 8.02. The molecule has 0 bridgehead atoms. The highest BCUT2D eigenvalue weighted by molar-refractivity contribution is 6.42. The van der Waals surface area contributed by atoms with Crippen LogP contribution in [0.5, 0.6) is 5.75 Å². The smallest absolute Gasteiger partial charge is 0.242 e. The number of hydrazone groups is 1. The Kier molecular flexibility index (Phi) is 5.30. The number of benzene rings is 2. The summed E-state index contributed by atoms with van der Waals surface area (Å²) in [5.41, 5.74) is 2.71. The highest BCUT2D eigenvalue weighted by Gasteiger charge is 2.32. The fourth-order valence-corrected chi connectivity index (χ4v) is 3.14. The van der Waals surface area contributed by atoms with E-state index in [1.54, 1.807) is 24.3 Å². The molecule has 0 unspecified atom stereocenters. The molecule has 0 aromatic heterocycles. The molecule has 0 fully saturated rings. The van der Waals surface area contributed by atoms with E-state index >= 15 is 0 Å². The lowest BCUT2D eigenvalue weighted by Gasteiger charge is -2.21. The summed E-state index contributed by atoms with van der Waals surface area (Å²) < 4.78 is 5.21. The van der Waals surface area contributed by atoms with Crippen LogP contribution in [0.25, 0.3) is 0 Å². The third kappa shape index (κ3) is 3.65. The van der Waals surface area contributed by atoms with E-state index < -0.39 is 0 Å². The van der Waals surface area contributed by atoms with Gasteiger partial charge in [0.15, 0.2) is 0 Å². The van der Waals surface area contributed by atoms with Gasteiger partial charge >= 0.3 is 0 Å². The van der Waals surface area contributed by atoms with Crippen molar-refractivity contribution in [3.63, 3.8) is 0 Å². The van der Waals surface area contributed by atoms with Crippen molar-refractivity contribution in [1.29, 1.82) is 0 Å². The van der Waals surface area contributed by atoms with Gasteiger partial charge in [-0.1, -0.05) is 48.3 Å². The number of amides is 1. The van der Waals surface area contributed by atoms with Crippen LogP contribution in [0.4, 0.5) is 0 Å². The standard InChI is InChI=1S/C19H18Cl2N2O2/c1-3-19(24)23-18(12-4-7-14(25-2)8-5-12)11-17(22-23)13-6-9-15(20)16(21)10-13/h4-10,18H,3,11H2,1-2H3/t18-/m1/s1. The Labute approximate surface area is 157 Å². The maximum atomic E-state index is 12.4. The molecule has 0 saturated heterocycles. The fraction of sp³-hybridized carbons (Fsp3) is 0.263. The molecule has 6 heteroatoms. The van der Waals surface area contributed by atoms with Crippen molar-refractivity contribution in [1.82, 2.24) is 5.01 Å². The lowest BCUT2D eigenvalue weighted by atomic mass is 9.98. The van der Waals surface area contributed by atoms with Crippen molar-refractivity contribution >= 4 is 34.8 Å². The zero-order chi connectivity index (χ0) is 18.0. The van der Waals surface area contributed by atoms with E-state index in [2.05, 4.69) is 5.10 Å². The van der Waals surface area contributed by atoms with E-state index in [0.29, 0.717) is 22.9 Å². The Morgan fingerprint density at radius 3 is 2.52 bits per heavy atom. The quantitative estimate of drug-likeness (QED) is 0.745. The number of hydrogen-bond acceptors (Lipinski definition) is 3. The number of halogens is 2. The van der Waals surface area contributed by atoms with Crippen LogP contribution in [-0.2, 0) is 4.79 Å². The molecule has 3 rings (SSSR count). The molecule has 1 aliphatic rings. The molecule has 1 amide bonds. The van der Waals surface area contributed by atoms with Crippen LogP contribution in [0.2, 0.25) is 10.0 Å².